The zero-order chi connectivity index (χ0) is 20.8. The molecule has 0 aliphatic carbocycles. The summed E-state index contributed by atoms with van der Waals surface area (Å²) in [7, 11) is 1.57. The monoisotopic (exact) mass is 410 g/mol. The molecule has 0 spiro atoms. The molecule has 0 bridgehead atoms. The lowest BCUT2D eigenvalue weighted by Crippen LogP contribution is -2.00. The molecule has 0 fully saturated rings. The van der Waals surface area contributed by atoms with Crippen LogP contribution in [0.3, 0.4) is 0 Å². The van der Waals surface area contributed by atoms with Crippen LogP contribution in [0.5, 0.6) is 11.5 Å². The number of methoxy groups -OCH3 is 1. The first-order chi connectivity index (χ1) is 14.0. The van der Waals surface area contributed by atoms with Gasteiger partial charge in [-0.05, 0) is 55.0 Å². The number of ether oxygens (including phenoxy) is 2. The van der Waals surface area contributed by atoms with E-state index in [1.165, 1.54) is 24.3 Å². The fourth-order valence-corrected chi connectivity index (χ4v) is 3.05. The van der Waals surface area contributed by atoms with Crippen LogP contribution in [0.4, 0.5) is 4.39 Å². The normalized spacial score (nSPS) is 10.9. The Morgan fingerprint density at radius 3 is 2.59 bits per heavy atom. The van der Waals surface area contributed by atoms with E-state index in [1.54, 1.807) is 19.3 Å². The van der Waals surface area contributed by atoms with Crippen LogP contribution in [0.1, 0.15) is 27.0 Å². The van der Waals surface area contributed by atoms with Crippen molar-refractivity contribution in [1.29, 1.82) is 0 Å². The molecular weight excluding hydrogens is 391 g/mol. The molecule has 0 aromatic heterocycles. The first-order valence-corrected chi connectivity index (χ1v) is 9.38. The van der Waals surface area contributed by atoms with Crippen LogP contribution < -0.4 is 9.47 Å². The standard InChI is InChI=1S/C24H20ClFO3/c1-16-4-3-5-18(12-16)22(27)9-6-17-7-10-23(28-2)19(13-17)15-29-24-11-8-20(26)14-21(24)25/h3-14H,15H2,1-2H3/b9-6+. The fourth-order valence-electron chi connectivity index (χ4n) is 2.83. The number of allylic oxidation sites excluding steroid dienone is 1. The highest BCUT2D eigenvalue weighted by Gasteiger charge is 2.08. The largest absolute Gasteiger partial charge is 0.496 e. The number of aryl methyl sites for hydroxylation is 1. The van der Waals surface area contributed by atoms with Crippen molar-refractivity contribution in [2.75, 3.05) is 7.11 Å². The zero-order valence-corrected chi connectivity index (χ0v) is 16.9. The number of halogens is 2. The fraction of sp³-hybridized carbons (Fsp3) is 0.125. The Kier molecular flexibility index (Phi) is 6.68. The van der Waals surface area contributed by atoms with E-state index in [2.05, 4.69) is 0 Å². The van der Waals surface area contributed by atoms with Crippen LogP contribution in [0, 0.1) is 12.7 Å². The minimum Gasteiger partial charge on any atom is -0.496 e. The first kappa shape index (κ1) is 20.6. The highest BCUT2D eigenvalue weighted by molar-refractivity contribution is 6.32. The second-order valence-electron chi connectivity index (χ2n) is 6.50. The van der Waals surface area contributed by atoms with E-state index in [9.17, 15) is 9.18 Å². The molecule has 3 aromatic carbocycles. The summed E-state index contributed by atoms with van der Waals surface area (Å²) < 4.78 is 24.3. The second-order valence-corrected chi connectivity index (χ2v) is 6.91. The van der Waals surface area contributed by atoms with E-state index >= 15 is 0 Å². The Morgan fingerprint density at radius 2 is 1.86 bits per heavy atom. The van der Waals surface area contributed by atoms with Gasteiger partial charge in [-0.1, -0.05) is 47.5 Å². The summed E-state index contributed by atoms with van der Waals surface area (Å²) >= 11 is 6.01. The second kappa shape index (κ2) is 9.39. The molecule has 29 heavy (non-hydrogen) atoms. The number of carbonyl (C=O) groups excluding carboxylic acids is 1. The number of hydrogen-bond acceptors (Lipinski definition) is 3. The third-order valence-electron chi connectivity index (χ3n) is 4.31. The van der Waals surface area contributed by atoms with Crippen LogP contribution in [-0.4, -0.2) is 12.9 Å². The van der Waals surface area contributed by atoms with Crippen LogP contribution in [-0.2, 0) is 6.61 Å². The molecule has 0 N–H and O–H groups in total. The van der Waals surface area contributed by atoms with E-state index < -0.39 is 5.82 Å². The number of hydrogen-bond donors (Lipinski definition) is 0. The zero-order valence-electron chi connectivity index (χ0n) is 16.1. The Morgan fingerprint density at radius 1 is 1.07 bits per heavy atom. The SMILES string of the molecule is COc1ccc(/C=C/C(=O)c2cccc(C)c2)cc1COc1ccc(F)cc1Cl. The van der Waals surface area contributed by atoms with Crippen LogP contribution in [0.15, 0.2) is 66.7 Å². The quantitative estimate of drug-likeness (QED) is 0.340. The van der Waals surface area contributed by atoms with Crippen LogP contribution >= 0.6 is 11.6 Å². The highest BCUT2D eigenvalue weighted by Crippen LogP contribution is 2.28. The molecule has 3 rings (SSSR count). The molecule has 0 saturated carbocycles. The summed E-state index contributed by atoms with van der Waals surface area (Å²) in [5.41, 5.74) is 3.28. The third kappa shape index (κ3) is 5.46. The lowest BCUT2D eigenvalue weighted by molar-refractivity contribution is 0.104. The Balaban J connectivity index is 1.76. The summed E-state index contributed by atoms with van der Waals surface area (Å²) in [6.07, 6.45) is 3.29. The predicted molar refractivity (Wildman–Crippen MR) is 113 cm³/mol. The average molecular weight is 411 g/mol. The Labute approximate surface area is 174 Å². The average Bonchev–Trinajstić information content (AvgIpc) is 2.71. The van der Waals surface area contributed by atoms with E-state index in [1.807, 2.05) is 43.3 Å². The maximum absolute atomic E-state index is 13.2. The molecule has 0 atom stereocenters. The van der Waals surface area contributed by atoms with Gasteiger partial charge in [-0.3, -0.25) is 4.79 Å². The van der Waals surface area contributed by atoms with Crippen molar-refractivity contribution in [2.45, 2.75) is 13.5 Å². The van der Waals surface area contributed by atoms with Crippen molar-refractivity contribution in [3.63, 3.8) is 0 Å². The minimum absolute atomic E-state index is 0.0691. The summed E-state index contributed by atoms with van der Waals surface area (Å²) in [5, 5.41) is 0.198. The minimum atomic E-state index is -0.426. The van der Waals surface area contributed by atoms with Gasteiger partial charge >= 0.3 is 0 Å². The van der Waals surface area contributed by atoms with Gasteiger partial charge in [-0.2, -0.15) is 0 Å². The molecule has 0 unspecified atom stereocenters. The van der Waals surface area contributed by atoms with Gasteiger partial charge < -0.3 is 9.47 Å². The highest BCUT2D eigenvalue weighted by atomic mass is 35.5. The van der Waals surface area contributed by atoms with Gasteiger partial charge in [0, 0.05) is 11.1 Å². The van der Waals surface area contributed by atoms with Gasteiger partial charge in [0.15, 0.2) is 5.78 Å². The van der Waals surface area contributed by atoms with Gasteiger partial charge in [0.1, 0.15) is 23.9 Å². The van der Waals surface area contributed by atoms with E-state index in [4.69, 9.17) is 21.1 Å². The number of carbonyl (C=O) groups is 1. The van der Waals surface area contributed by atoms with Crippen molar-refractivity contribution < 1.29 is 18.7 Å². The van der Waals surface area contributed by atoms with Crippen LogP contribution in [0.25, 0.3) is 6.08 Å². The van der Waals surface area contributed by atoms with Crippen LogP contribution in [0.2, 0.25) is 5.02 Å². The van der Waals surface area contributed by atoms with Gasteiger partial charge in [0.25, 0.3) is 0 Å². The summed E-state index contributed by atoms with van der Waals surface area (Å²) in [6.45, 7) is 2.13. The molecular formula is C24H20ClFO3. The molecule has 0 aliphatic rings. The van der Waals surface area contributed by atoms with Crippen molar-refractivity contribution in [3.8, 4) is 11.5 Å². The van der Waals surface area contributed by atoms with Gasteiger partial charge in [0.05, 0.1) is 12.1 Å². The Bertz CT molecular complexity index is 1060. The molecule has 3 nitrogen and oxygen atoms in total. The number of rotatable bonds is 7. The maximum Gasteiger partial charge on any atom is 0.185 e. The molecule has 0 saturated heterocycles. The van der Waals surface area contributed by atoms with E-state index in [0.29, 0.717) is 17.1 Å². The van der Waals surface area contributed by atoms with Crippen molar-refractivity contribution in [3.05, 3.63) is 99.8 Å². The third-order valence-corrected chi connectivity index (χ3v) is 4.61. The topological polar surface area (TPSA) is 35.5 Å². The van der Waals surface area contributed by atoms with E-state index in [0.717, 1.165) is 16.7 Å². The molecule has 5 heteroatoms. The molecule has 0 radical (unpaired) electrons. The molecule has 3 aromatic rings. The van der Waals surface area contributed by atoms with Crippen molar-refractivity contribution in [1.82, 2.24) is 0 Å². The smallest absolute Gasteiger partial charge is 0.185 e. The molecule has 0 aliphatic heterocycles. The van der Waals surface area contributed by atoms with Crippen molar-refractivity contribution >= 4 is 23.5 Å². The summed E-state index contributed by atoms with van der Waals surface area (Å²) in [5.74, 6) is 0.529. The number of benzene rings is 3. The van der Waals surface area contributed by atoms with Gasteiger partial charge in [0.2, 0.25) is 0 Å². The maximum atomic E-state index is 13.2. The summed E-state index contributed by atoms with van der Waals surface area (Å²) in [4.78, 5) is 12.4. The molecule has 0 heterocycles. The molecule has 148 valence electrons. The lowest BCUT2D eigenvalue weighted by atomic mass is 10.1. The predicted octanol–water partition coefficient (Wildman–Crippen LogP) is 6.27. The van der Waals surface area contributed by atoms with E-state index in [-0.39, 0.29) is 17.4 Å². The number of ketones is 1. The first-order valence-electron chi connectivity index (χ1n) is 9.00. The lowest BCUT2D eigenvalue weighted by Gasteiger charge is -2.12. The Hall–Kier alpha value is -3.11. The van der Waals surface area contributed by atoms with Gasteiger partial charge in [-0.25, -0.2) is 4.39 Å². The molecule has 0 amide bonds. The van der Waals surface area contributed by atoms with Crippen molar-refractivity contribution in [2.24, 2.45) is 0 Å². The summed E-state index contributed by atoms with van der Waals surface area (Å²) in [6, 6.07) is 17.0. The van der Waals surface area contributed by atoms with Gasteiger partial charge in [-0.15, -0.1) is 0 Å².